The second-order valence-electron chi connectivity index (χ2n) is 4.53. The fourth-order valence-corrected chi connectivity index (χ4v) is 3.01. The number of sulfone groups is 1. The summed E-state index contributed by atoms with van der Waals surface area (Å²) in [6.45, 7) is 0. The molecule has 0 saturated carbocycles. The number of hydrogen-bond acceptors (Lipinski definition) is 5. The molecule has 2 rings (SSSR count). The number of carbonyl (C=O) groups excluding carboxylic acids is 1. The van der Waals surface area contributed by atoms with Crippen LogP contribution >= 0.6 is 0 Å². The molecule has 6 heteroatoms. The van der Waals surface area contributed by atoms with Gasteiger partial charge in [-0.1, -0.05) is 18.2 Å². The molecular weight excluding hydrogens is 304 g/mol. The zero-order chi connectivity index (χ0) is 16.0. The van der Waals surface area contributed by atoms with Gasteiger partial charge in [-0.2, -0.15) is 0 Å². The average Bonchev–Trinajstić information content (AvgIpc) is 2.54. The van der Waals surface area contributed by atoms with E-state index in [0.717, 1.165) is 0 Å². The van der Waals surface area contributed by atoms with Crippen LogP contribution in [0.1, 0.15) is 6.42 Å². The van der Waals surface area contributed by atoms with Gasteiger partial charge in [0.2, 0.25) is 0 Å². The summed E-state index contributed by atoms with van der Waals surface area (Å²) in [4.78, 5) is 11.8. The number of benzene rings is 2. The van der Waals surface area contributed by atoms with Crippen molar-refractivity contribution >= 4 is 15.8 Å². The van der Waals surface area contributed by atoms with Gasteiger partial charge in [-0.25, -0.2) is 8.42 Å². The first-order chi connectivity index (χ1) is 10.5. The highest BCUT2D eigenvalue weighted by Gasteiger charge is 2.17. The van der Waals surface area contributed by atoms with E-state index in [2.05, 4.69) is 0 Å². The van der Waals surface area contributed by atoms with Crippen molar-refractivity contribution in [2.75, 3.05) is 12.9 Å². The molecule has 2 aromatic rings. The van der Waals surface area contributed by atoms with E-state index in [1.165, 1.54) is 19.2 Å². The Morgan fingerprint density at radius 2 is 1.59 bits per heavy atom. The normalized spacial score (nSPS) is 11.0. The predicted octanol–water partition coefficient (Wildman–Crippen LogP) is 2.46. The topological polar surface area (TPSA) is 69.7 Å². The molecule has 0 atom stereocenters. The van der Waals surface area contributed by atoms with Gasteiger partial charge in [-0.05, 0) is 36.4 Å². The van der Waals surface area contributed by atoms with E-state index in [-0.39, 0.29) is 17.1 Å². The fraction of sp³-hybridized carbons (Fsp3) is 0.188. The summed E-state index contributed by atoms with van der Waals surface area (Å²) in [5.41, 5.74) is 0. The van der Waals surface area contributed by atoms with E-state index in [1.54, 1.807) is 42.5 Å². The number of para-hydroxylation sites is 1. The lowest BCUT2D eigenvalue weighted by Gasteiger charge is -2.06. The Balaban J connectivity index is 1.95. The van der Waals surface area contributed by atoms with Gasteiger partial charge < -0.3 is 9.47 Å². The monoisotopic (exact) mass is 320 g/mol. The molecule has 0 heterocycles. The second kappa shape index (κ2) is 7.09. The van der Waals surface area contributed by atoms with E-state index in [4.69, 9.17) is 9.47 Å². The van der Waals surface area contributed by atoms with Gasteiger partial charge >= 0.3 is 5.97 Å². The molecule has 0 radical (unpaired) electrons. The third-order valence-electron chi connectivity index (χ3n) is 2.97. The second-order valence-corrected chi connectivity index (χ2v) is 6.64. The molecule has 0 N–H and O–H groups in total. The maximum Gasteiger partial charge on any atom is 0.312 e. The van der Waals surface area contributed by atoms with Crippen LogP contribution in [-0.4, -0.2) is 27.2 Å². The van der Waals surface area contributed by atoms with Crippen LogP contribution in [-0.2, 0) is 14.6 Å². The molecule has 0 aromatic heterocycles. The summed E-state index contributed by atoms with van der Waals surface area (Å²) >= 11 is 0. The Bertz CT molecular complexity index is 721. The van der Waals surface area contributed by atoms with Gasteiger partial charge in [0.1, 0.15) is 11.5 Å². The minimum Gasteiger partial charge on any atom is -0.497 e. The number of rotatable bonds is 6. The highest BCUT2D eigenvalue weighted by Crippen LogP contribution is 2.17. The number of hydrogen-bond donors (Lipinski definition) is 0. The lowest BCUT2D eigenvalue weighted by atomic mass is 10.3. The Morgan fingerprint density at radius 1 is 0.955 bits per heavy atom. The van der Waals surface area contributed by atoms with Crippen molar-refractivity contribution in [3.05, 3.63) is 54.6 Å². The van der Waals surface area contributed by atoms with Gasteiger partial charge in [-0.15, -0.1) is 0 Å². The summed E-state index contributed by atoms with van der Waals surface area (Å²) in [7, 11) is -2.03. The molecule has 0 saturated heterocycles. The first kappa shape index (κ1) is 16.0. The van der Waals surface area contributed by atoms with Crippen LogP contribution in [0.3, 0.4) is 0 Å². The maximum atomic E-state index is 12.1. The quantitative estimate of drug-likeness (QED) is 0.604. The molecule has 2 aromatic carbocycles. The van der Waals surface area contributed by atoms with Gasteiger partial charge in [0.05, 0.1) is 24.2 Å². The maximum absolute atomic E-state index is 12.1. The first-order valence-corrected chi connectivity index (χ1v) is 8.29. The number of methoxy groups -OCH3 is 1. The Labute approximate surface area is 129 Å². The molecule has 0 aliphatic carbocycles. The standard InChI is InChI=1S/C16H16O5S/c1-20-13-7-9-15(10-8-13)22(18,19)12-11-16(17)21-14-5-3-2-4-6-14/h2-10H,11-12H2,1H3. The van der Waals surface area contributed by atoms with Gasteiger partial charge in [0.15, 0.2) is 9.84 Å². The van der Waals surface area contributed by atoms with Crippen molar-refractivity contribution in [1.82, 2.24) is 0 Å². The first-order valence-electron chi connectivity index (χ1n) is 6.64. The molecule has 0 amide bonds. The average molecular weight is 320 g/mol. The molecule has 0 fully saturated rings. The summed E-state index contributed by atoms with van der Waals surface area (Å²) in [6, 6.07) is 14.6. The zero-order valence-electron chi connectivity index (χ0n) is 12.1. The van der Waals surface area contributed by atoms with Crippen molar-refractivity contribution in [1.29, 1.82) is 0 Å². The summed E-state index contributed by atoms with van der Waals surface area (Å²) in [6.07, 6.45) is -0.205. The van der Waals surface area contributed by atoms with Crippen LogP contribution < -0.4 is 9.47 Å². The van der Waals surface area contributed by atoms with Crippen molar-refractivity contribution in [2.24, 2.45) is 0 Å². The van der Waals surface area contributed by atoms with E-state index < -0.39 is 15.8 Å². The van der Waals surface area contributed by atoms with E-state index in [9.17, 15) is 13.2 Å². The van der Waals surface area contributed by atoms with Crippen LogP contribution in [0, 0.1) is 0 Å². The largest absolute Gasteiger partial charge is 0.497 e. The molecule has 22 heavy (non-hydrogen) atoms. The van der Waals surface area contributed by atoms with Crippen LogP contribution in [0.4, 0.5) is 0 Å². The Morgan fingerprint density at radius 3 is 2.18 bits per heavy atom. The number of ether oxygens (including phenoxy) is 2. The highest BCUT2D eigenvalue weighted by molar-refractivity contribution is 7.91. The van der Waals surface area contributed by atoms with Crippen molar-refractivity contribution in [3.8, 4) is 11.5 Å². The van der Waals surface area contributed by atoms with E-state index in [0.29, 0.717) is 11.5 Å². The van der Waals surface area contributed by atoms with Gasteiger partial charge in [-0.3, -0.25) is 4.79 Å². The predicted molar refractivity (Wildman–Crippen MR) is 81.7 cm³/mol. The SMILES string of the molecule is COc1ccc(S(=O)(=O)CCC(=O)Oc2ccccc2)cc1. The highest BCUT2D eigenvalue weighted by atomic mass is 32.2. The van der Waals surface area contributed by atoms with Crippen LogP contribution in [0.25, 0.3) is 0 Å². The van der Waals surface area contributed by atoms with E-state index in [1.807, 2.05) is 0 Å². The van der Waals surface area contributed by atoms with Gasteiger partial charge in [0.25, 0.3) is 0 Å². The lowest BCUT2D eigenvalue weighted by Crippen LogP contribution is -2.15. The Hall–Kier alpha value is -2.34. The third-order valence-corrected chi connectivity index (χ3v) is 4.70. The summed E-state index contributed by atoms with van der Waals surface area (Å²) in [5.74, 6) is 0.0884. The summed E-state index contributed by atoms with van der Waals surface area (Å²) in [5, 5.41) is 0. The van der Waals surface area contributed by atoms with Crippen LogP contribution in [0.2, 0.25) is 0 Å². The lowest BCUT2D eigenvalue weighted by molar-refractivity contribution is -0.133. The number of esters is 1. The summed E-state index contributed by atoms with van der Waals surface area (Å²) < 4.78 is 34.3. The molecule has 0 aliphatic rings. The molecule has 0 bridgehead atoms. The van der Waals surface area contributed by atoms with Gasteiger partial charge in [0, 0.05) is 0 Å². The zero-order valence-corrected chi connectivity index (χ0v) is 12.9. The Kier molecular flexibility index (Phi) is 5.16. The minimum absolute atomic E-state index is 0.154. The molecular formula is C16H16O5S. The molecule has 116 valence electrons. The smallest absolute Gasteiger partial charge is 0.312 e. The fourth-order valence-electron chi connectivity index (χ4n) is 1.79. The van der Waals surface area contributed by atoms with Crippen molar-refractivity contribution < 1.29 is 22.7 Å². The minimum atomic E-state index is -3.53. The third kappa shape index (κ3) is 4.33. The number of carbonyl (C=O) groups is 1. The van der Waals surface area contributed by atoms with Crippen LogP contribution in [0.15, 0.2) is 59.5 Å². The van der Waals surface area contributed by atoms with Crippen molar-refractivity contribution in [2.45, 2.75) is 11.3 Å². The van der Waals surface area contributed by atoms with Crippen LogP contribution in [0.5, 0.6) is 11.5 Å². The van der Waals surface area contributed by atoms with E-state index >= 15 is 0 Å². The molecule has 0 unspecified atom stereocenters. The molecule has 5 nitrogen and oxygen atoms in total. The molecule has 0 aliphatic heterocycles. The van der Waals surface area contributed by atoms with Crippen molar-refractivity contribution in [3.63, 3.8) is 0 Å². The molecule has 0 spiro atoms.